The van der Waals surface area contributed by atoms with Gasteiger partial charge in [0.1, 0.15) is 5.69 Å². The molecule has 0 aliphatic rings. The first-order valence-electron chi connectivity index (χ1n) is 6.94. The van der Waals surface area contributed by atoms with Gasteiger partial charge in [-0.15, -0.1) is 11.3 Å². The van der Waals surface area contributed by atoms with E-state index in [1.165, 1.54) is 18.2 Å². The molecule has 1 N–H and O–H groups in total. The minimum atomic E-state index is -0.457. The number of nitrogens with one attached hydrogen (secondary N) is 1. The van der Waals surface area contributed by atoms with Gasteiger partial charge in [-0.2, -0.15) is 5.26 Å². The number of anilines is 1. The molecule has 3 rings (SSSR count). The molecule has 3 aromatic rings. The minimum Gasteiger partial charge on any atom is -0.379 e. The Labute approximate surface area is 136 Å². The lowest BCUT2D eigenvalue weighted by atomic mass is 10.2. The molecule has 0 amide bonds. The molecule has 0 unspecified atom stereocenters. The number of nitro benzene ring substituents is 1. The number of nitriles is 1. The highest BCUT2D eigenvalue weighted by Gasteiger charge is 2.14. The molecule has 0 saturated carbocycles. The maximum absolute atomic E-state index is 11.0. The van der Waals surface area contributed by atoms with Gasteiger partial charge in [0.05, 0.1) is 31.8 Å². The molecule has 0 bridgehead atoms. The number of thiazole rings is 1. The molecule has 0 aliphatic carbocycles. The third kappa shape index (κ3) is 3.27. The zero-order chi connectivity index (χ0) is 16.2. The molecule has 0 spiro atoms. The van der Waals surface area contributed by atoms with Gasteiger partial charge in [-0.05, 0) is 24.3 Å². The van der Waals surface area contributed by atoms with Crippen molar-refractivity contribution in [2.75, 3.05) is 11.9 Å². The topological polar surface area (TPSA) is 91.8 Å². The molecule has 6 nitrogen and oxygen atoms in total. The second-order valence-corrected chi connectivity index (χ2v) is 5.97. The predicted molar refractivity (Wildman–Crippen MR) is 89.6 cm³/mol. The normalized spacial score (nSPS) is 10.4. The fraction of sp³-hybridized carbons (Fsp3) is 0.125. The van der Waals surface area contributed by atoms with Crippen molar-refractivity contribution >= 4 is 32.9 Å². The van der Waals surface area contributed by atoms with Gasteiger partial charge in [-0.25, -0.2) is 4.98 Å². The summed E-state index contributed by atoms with van der Waals surface area (Å²) in [6.07, 6.45) is 0.660. The molecule has 114 valence electrons. The van der Waals surface area contributed by atoms with Crippen LogP contribution in [0.3, 0.4) is 0 Å². The van der Waals surface area contributed by atoms with Crippen molar-refractivity contribution in [1.29, 1.82) is 5.26 Å². The Morgan fingerprint density at radius 2 is 2.13 bits per heavy atom. The summed E-state index contributed by atoms with van der Waals surface area (Å²) in [4.78, 5) is 15.1. The summed E-state index contributed by atoms with van der Waals surface area (Å²) in [5, 5.41) is 24.0. The number of benzene rings is 2. The number of nitrogens with zero attached hydrogens (tertiary/aromatic N) is 3. The van der Waals surface area contributed by atoms with Gasteiger partial charge >= 0.3 is 0 Å². The van der Waals surface area contributed by atoms with Gasteiger partial charge in [-0.1, -0.05) is 12.1 Å². The van der Waals surface area contributed by atoms with Crippen molar-refractivity contribution in [3.05, 3.63) is 63.1 Å². The summed E-state index contributed by atoms with van der Waals surface area (Å²) in [6, 6.07) is 14.2. The van der Waals surface area contributed by atoms with E-state index in [1.54, 1.807) is 11.3 Å². The monoisotopic (exact) mass is 324 g/mol. The summed E-state index contributed by atoms with van der Waals surface area (Å²) < 4.78 is 1.12. The van der Waals surface area contributed by atoms with E-state index in [4.69, 9.17) is 5.26 Å². The maximum Gasteiger partial charge on any atom is 0.292 e. The fourth-order valence-electron chi connectivity index (χ4n) is 2.24. The van der Waals surface area contributed by atoms with E-state index in [9.17, 15) is 10.1 Å². The van der Waals surface area contributed by atoms with Crippen LogP contribution in [0.1, 0.15) is 10.6 Å². The average molecular weight is 324 g/mol. The SMILES string of the molecule is N#Cc1ccc([N+](=O)[O-])c(NCCc2nc3ccccc3s2)c1. The quantitative estimate of drug-likeness (QED) is 0.570. The highest BCUT2D eigenvalue weighted by atomic mass is 32.1. The number of aromatic nitrogens is 1. The zero-order valence-corrected chi connectivity index (χ0v) is 12.8. The van der Waals surface area contributed by atoms with Crippen LogP contribution in [-0.2, 0) is 6.42 Å². The first-order chi connectivity index (χ1) is 11.2. The molecule has 0 radical (unpaired) electrons. The van der Waals surface area contributed by atoms with E-state index in [0.717, 1.165) is 15.2 Å². The summed E-state index contributed by atoms with van der Waals surface area (Å²) in [5.74, 6) is 0. The van der Waals surface area contributed by atoms with Crippen LogP contribution in [0.5, 0.6) is 0 Å². The average Bonchev–Trinajstić information content (AvgIpc) is 2.97. The van der Waals surface area contributed by atoms with Crippen molar-refractivity contribution < 1.29 is 4.92 Å². The number of nitro groups is 1. The Kier molecular flexibility index (Phi) is 4.17. The summed E-state index contributed by atoms with van der Waals surface area (Å²) in [6.45, 7) is 0.509. The Balaban J connectivity index is 1.73. The lowest BCUT2D eigenvalue weighted by molar-refractivity contribution is -0.384. The summed E-state index contributed by atoms with van der Waals surface area (Å²) in [7, 11) is 0. The molecule has 1 aromatic heterocycles. The summed E-state index contributed by atoms with van der Waals surface area (Å²) >= 11 is 1.61. The smallest absolute Gasteiger partial charge is 0.292 e. The Morgan fingerprint density at radius 3 is 2.87 bits per heavy atom. The number of rotatable bonds is 5. The highest BCUT2D eigenvalue weighted by molar-refractivity contribution is 7.18. The standard InChI is InChI=1S/C16H12N4O2S/c17-10-11-5-6-14(20(21)22)13(9-11)18-8-7-16-19-12-3-1-2-4-15(12)23-16/h1-6,9,18H,7-8H2. The van der Waals surface area contributed by atoms with Crippen LogP contribution in [0.15, 0.2) is 42.5 Å². The highest BCUT2D eigenvalue weighted by Crippen LogP contribution is 2.26. The van der Waals surface area contributed by atoms with Crippen LogP contribution in [-0.4, -0.2) is 16.5 Å². The van der Waals surface area contributed by atoms with Crippen molar-refractivity contribution in [1.82, 2.24) is 4.98 Å². The molecule has 0 atom stereocenters. The molecular weight excluding hydrogens is 312 g/mol. The van der Waals surface area contributed by atoms with Gasteiger partial charge in [0.2, 0.25) is 0 Å². The van der Waals surface area contributed by atoms with Crippen molar-refractivity contribution in [2.45, 2.75) is 6.42 Å². The van der Waals surface area contributed by atoms with Crippen molar-refractivity contribution in [3.63, 3.8) is 0 Å². The Morgan fingerprint density at radius 1 is 1.30 bits per heavy atom. The molecular formula is C16H12N4O2S. The van der Waals surface area contributed by atoms with Crippen LogP contribution in [0.4, 0.5) is 11.4 Å². The van der Waals surface area contributed by atoms with E-state index in [0.29, 0.717) is 24.2 Å². The number of para-hydroxylation sites is 1. The third-order valence-corrected chi connectivity index (χ3v) is 4.41. The molecule has 7 heteroatoms. The molecule has 23 heavy (non-hydrogen) atoms. The van der Waals surface area contributed by atoms with Crippen LogP contribution < -0.4 is 5.32 Å². The van der Waals surface area contributed by atoms with Gasteiger partial charge in [0.15, 0.2) is 0 Å². The minimum absolute atomic E-state index is 0.0340. The second kappa shape index (κ2) is 6.42. The Bertz CT molecular complexity index is 881. The maximum atomic E-state index is 11.0. The first kappa shape index (κ1) is 14.9. The Hall–Kier alpha value is -2.98. The number of fused-ring (bicyclic) bond motifs is 1. The lowest BCUT2D eigenvalue weighted by Crippen LogP contribution is -2.07. The fourth-order valence-corrected chi connectivity index (χ4v) is 3.20. The molecule has 2 aromatic carbocycles. The van der Waals surface area contributed by atoms with E-state index in [-0.39, 0.29) is 5.69 Å². The van der Waals surface area contributed by atoms with Gasteiger partial charge < -0.3 is 5.32 Å². The number of hydrogen-bond donors (Lipinski definition) is 1. The van der Waals surface area contributed by atoms with Gasteiger partial charge in [0.25, 0.3) is 5.69 Å². The van der Waals surface area contributed by atoms with Crippen LogP contribution >= 0.6 is 11.3 Å². The molecule has 0 aliphatic heterocycles. The van der Waals surface area contributed by atoms with Gasteiger partial charge in [0, 0.05) is 19.0 Å². The second-order valence-electron chi connectivity index (χ2n) is 4.85. The van der Waals surface area contributed by atoms with Crippen LogP contribution in [0.25, 0.3) is 10.2 Å². The van der Waals surface area contributed by atoms with Crippen LogP contribution in [0.2, 0.25) is 0 Å². The molecule has 1 heterocycles. The first-order valence-corrected chi connectivity index (χ1v) is 7.76. The van der Waals surface area contributed by atoms with E-state index < -0.39 is 4.92 Å². The van der Waals surface area contributed by atoms with Crippen LogP contribution in [0, 0.1) is 21.4 Å². The largest absolute Gasteiger partial charge is 0.379 e. The molecule has 0 fully saturated rings. The summed E-state index contributed by atoms with van der Waals surface area (Å²) in [5.41, 5.74) is 1.67. The third-order valence-electron chi connectivity index (χ3n) is 3.31. The number of hydrogen-bond acceptors (Lipinski definition) is 6. The molecule has 0 saturated heterocycles. The zero-order valence-electron chi connectivity index (χ0n) is 12.0. The lowest BCUT2D eigenvalue weighted by Gasteiger charge is -2.06. The van der Waals surface area contributed by atoms with Crippen molar-refractivity contribution in [2.24, 2.45) is 0 Å². The van der Waals surface area contributed by atoms with Crippen molar-refractivity contribution in [3.8, 4) is 6.07 Å². The van der Waals surface area contributed by atoms with Gasteiger partial charge in [-0.3, -0.25) is 10.1 Å². The van der Waals surface area contributed by atoms with E-state index in [1.807, 2.05) is 30.3 Å². The van der Waals surface area contributed by atoms with E-state index >= 15 is 0 Å². The predicted octanol–water partition coefficient (Wildman–Crippen LogP) is 3.73. The van der Waals surface area contributed by atoms with E-state index in [2.05, 4.69) is 10.3 Å².